The van der Waals surface area contributed by atoms with Gasteiger partial charge in [-0.1, -0.05) is 24.3 Å². The van der Waals surface area contributed by atoms with Crippen molar-refractivity contribution in [2.45, 2.75) is 25.5 Å². The standard InChI is InChI=1S/C13H16N2O/c14-7-5-13(16)10-15-8-6-11-3-1-2-4-12(11)9-15/h1-4,13,16H,5-6,8-10H2. The smallest absolute Gasteiger partial charge is 0.0796 e. The van der Waals surface area contributed by atoms with Crippen LogP contribution >= 0.6 is 0 Å². The number of nitriles is 1. The Morgan fingerprint density at radius 3 is 2.88 bits per heavy atom. The van der Waals surface area contributed by atoms with Gasteiger partial charge in [-0.25, -0.2) is 0 Å². The summed E-state index contributed by atoms with van der Waals surface area (Å²) in [5.41, 5.74) is 2.76. The van der Waals surface area contributed by atoms with Gasteiger partial charge in [0.2, 0.25) is 0 Å². The zero-order valence-electron chi connectivity index (χ0n) is 9.26. The molecule has 0 amide bonds. The van der Waals surface area contributed by atoms with Gasteiger partial charge < -0.3 is 5.11 Å². The minimum absolute atomic E-state index is 0.220. The lowest BCUT2D eigenvalue weighted by atomic mass is 9.99. The first-order valence-electron chi connectivity index (χ1n) is 5.63. The molecule has 1 N–H and O–H groups in total. The number of hydrogen-bond donors (Lipinski definition) is 1. The van der Waals surface area contributed by atoms with Gasteiger partial charge in [0, 0.05) is 19.6 Å². The first-order chi connectivity index (χ1) is 7.79. The van der Waals surface area contributed by atoms with Crippen molar-refractivity contribution in [1.29, 1.82) is 5.26 Å². The third kappa shape index (κ3) is 2.60. The van der Waals surface area contributed by atoms with Gasteiger partial charge in [0.15, 0.2) is 0 Å². The van der Waals surface area contributed by atoms with Gasteiger partial charge in [-0.2, -0.15) is 5.26 Å². The van der Waals surface area contributed by atoms with Gasteiger partial charge in [0.05, 0.1) is 18.6 Å². The molecule has 0 bridgehead atoms. The lowest BCUT2D eigenvalue weighted by Crippen LogP contribution is -2.36. The van der Waals surface area contributed by atoms with Crippen molar-refractivity contribution in [1.82, 2.24) is 4.90 Å². The average molecular weight is 216 g/mol. The second kappa shape index (κ2) is 5.11. The molecule has 1 heterocycles. The predicted octanol–water partition coefficient (Wildman–Crippen LogP) is 1.32. The second-order valence-corrected chi connectivity index (χ2v) is 4.27. The predicted molar refractivity (Wildman–Crippen MR) is 61.7 cm³/mol. The van der Waals surface area contributed by atoms with Crippen molar-refractivity contribution in [3.05, 3.63) is 35.4 Å². The number of rotatable bonds is 3. The van der Waals surface area contributed by atoms with Gasteiger partial charge in [-0.3, -0.25) is 4.90 Å². The Morgan fingerprint density at radius 2 is 2.12 bits per heavy atom. The van der Waals surface area contributed by atoms with E-state index in [1.165, 1.54) is 11.1 Å². The molecule has 0 fully saturated rings. The average Bonchev–Trinajstić information content (AvgIpc) is 2.29. The van der Waals surface area contributed by atoms with E-state index < -0.39 is 6.10 Å². The molecule has 0 aromatic heterocycles. The van der Waals surface area contributed by atoms with Crippen LogP contribution in [0.1, 0.15) is 17.5 Å². The Hall–Kier alpha value is -1.37. The second-order valence-electron chi connectivity index (χ2n) is 4.27. The molecular weight excluding hydrogens is 200 g/mol. The summed E-state index contributed by atoms with van der Waals surface area (Å²) in [5, 5.41) is 18.1. The van der Waals surface area contributed by atoms with Crippen molar-refractivity contribution in [3.8, 4) is 6.07 Å². The normalized spacial score (nSPS) is 17.5. The highest BCUT2D eigenvalue weighted by Gasteiger charge is 2.17. The summed E-state index contributed by atoms with van der Waals surface area (Å²) in [6.45, 7) is 2.46. The first kappa shape index (κ1) is 11.1. The minimum atomic E-state index is -0.518. The Labute approximate surface area is 95.9 Å². The van der Waals surface area contributed by atoms with Gasteiger partial charge >= 0.3 is 0 Å². The molecule has 1 aliphatic rings. The van der Waals surface area contributed by atoms with Gasteiger partial charge in [-0.15, -0.1) is 0 Å². The van der Waals surface area contributed by atoms with E-state index in [0.717, 1.165) is 19.5 Å². The molecule has 0 aliphatic carbocycles. The maximum atomic E-state index is 9.59. The van der Waals surface area contributed by atoms with Crippen molar-refractivity contribution < 1.29 is 5.11 Å². The Kier molecular flexibility index (Phi) is 3.55. The number of aliphatic hydroxyl groups excluding tert-OH is 1. The molecule has 84 valence electrons. The van der Waals surface area contributed by atoms with Crippen LogP contribution in [-0.4, -0.2) is 29.2 Å². The number of aliphatic hydroxyl groups is 1. The van der Waals surface area contributed by atoms with Crippen LogP contribution in [0.2, 0.25) is 0 Å². The molecule has 0 radical (unpaired) electrons. The molecule has 1 aliphatic heterocycles. The summed E-state index contributed by atoms with van der Waals surface area (Å²) in [4.78, 5) is 2.21. The molecule has 16 heavy (non-hydrogen) atoms. The fraction of sp³-hybridized carbons (Fsp3) is 0.462. The van der Waals surface area contributed by atoms with Crippen LogP contribution in [0.15, 0.2) is 24.3 Å². The fourth-order valence-corrected chi connectivity index (χ4v) is 2.18. The largest absolute Gasteiger partial charge is 0.391 e. The maximum Gasteiger partial charge on any atom is 0.0796 e. The van der Waals surface area contributed by atoms with Gasteiger partial charge in [0.1, 0.15) is 0 Å². The van der Waals surface area contributed by atoms with E-state index in [1.807, 2.05) is 12.1 Å². The number of hydrogen-bond acceptors (Lipinski definition) is 3. The van der Waals surface area contributed by atoms with E-state index in [2.05, 4.69) is 23.1 Å². The van der Waals surface area contributed by atoms with E-state index >= 15 is 0 Å². The molecule has 0 saturated heterocycles. The van der Waals surface area contributed by atoms with Crippen molar-refractivity contribution in [2.24, 2.45) is 0 Å². The van der Waals surface area contributed by atoms with E-state index in [-0.39, 0.29) is 6.42 Å². The molecule has 0 saturated carbocycles. The molecule has 1 unspecified atom stereocenters. The summed E-state index contributed by atoms with van der Waals surface area (Å²) in [6, 6.07) is 10.4. The summed E-state index contributed by atoms with van der Waals surface area (Å²) in [6.07, 6.45) is 0.739. The fourth-order valence-electron chi connectivity index (χ4n) is 2.18. The van der Waals surface area contributed by atoms with Crippen molar-refractivity contribution in [3.63, 3.8) is 0 Å². The van der Waals surface area contributed by atoms with Crippen LogP contribution < -0.4 is 0 Å². The molecule has 2 rings (SSSR count). The lowest BCUT2D eigenvalue weighted by Gasteiger charge is -2.29. The number of benzene rings is 1. The minimum Gasteiger partial charge on any atom is -0.391 e. The Balaban J connectivity index is 1.95. The highest BCUT2D eigenvalue weighted by molar-refractivity contribution is 5.29. The molecular formula is C13H16N2O. The third-order valence-electron chi connectivity index (χ3n) is 3.01. The molecule has 3 nitrogen and oxygen atoms in total. The quantitative estimate of drug-likeness (QED) is 0.829. The Morgan fingerprint density at radius 1 is 1.38 bits per heavy atom. The van der Waals surface area contributed by atoms with Crippen LogP contribution in [0.25, 0.3) is 0 Å². The van der Waals surface area contributed by atoms with Crippen LogP contribution in [0, 0.1) is 11.3 Å². The zero-order valence-corrected chi connectivity index (χ0v) is 9.26. The van der Waals surface area contributed by atoms with Gasteiger partial charge in [-0.05, 0) is 17.5 Å². The summed E-state index contributed by atoms with van der Waals surface area (Å²) < 4.78 is 0. The van der Waals surface area contributed by atoms with Crippen LogP contribution in [0.5, 0.6) is 0 Å². The SMILES string of the molecule is N#CCC(O)CN1CCc2ccccc2C1. The van der Waals surface area contributed by atoms with E-state index in [9.17, 15) is 5.11 Å². The van der Waals surface area contributed by atoms with Crippen molar-refractivity contribution >= 4 is 0 Å². The van der Waals surface area contributed by atoms with E-state index in [1.54, 1.807) is 0 Å². The number of fused-ring (bicyclic) bond motifs is 1. The van der Waals surface area contributed by atoms with Gasteiger partial charge in [0.25, 0.3) is 0 Å². The van der Waals surface area contributed by atoms with Crippen LogP contribution in [0.4, 0.5) is 0 Å². The summed E-state index contributed by atoms with van der Waals surface area (Å²) in [7, 11) is 0. The zero-order chi connectivity index (χ0) is 11.4. The maximum absolute atomic E-state index is 9.59. The highest BCUT2D eigenvalue weighted by Crippen LogP contribution is 2.18. The molecule has 1 atom stereocenters. The van der Waals surface area contributed by atoms with Crippen LogP contribution in [0.3, 0.4) is 0 Å². The van der Waals surface area contributed by atoms with Crippen LogP contribution in [-0.2, 0) is 13.0 Å². The summed E-state index contributed by atoms with van der Waals surface area (Å²) >= 11 is 0. The summed E-state index contributed by atoms with van der Waals surface area (Å²) in [5.74, 6) is 0. The molecule has 1 aromatic carbocycles. The third-order valence-corrected chi connectivity index (χ3v) is 3.01. The molecule has 1 aromatic rings. The molecule has 3 heteroatoms. The first-order valence-corrected chi connectivity index (χ1v) is 5.63. The highest BCUT2D eigenvalue weighted by atomic mass is 16.3. The molecule has 0 spiro atoms. The van der Waals surface area contributed by atoms with Crippen molar-refractivity contribution in [2.75, 3.05) is 13.1 Å². The number of nitrogens with zero attached hydrogens (tertiary/aromatic N) is 2. The topological polar surface area (TPSA) is 47.3 Å². The number of β-amino-alcohol motifs (C(OH)–C–C–N with tert-alkyl or cyclic N) is 1. The monoisotopic (exact) mass is 216 g/mol. The van der Waals surface area contributed by atoms with E-state index in [4.69, 9.17) is 5.26 Å². The lowest BCUT2D eigenvalue weighted by molar-refractivity contribution is 0.109. The Bertz CT molecular complexity index is 397. The van der Waals surface area contributed by atoms with E-state index in [0.29, 0.717) is 6.54 Å².